The maximum atomic E-state index is 4.88. The normalized spacial score (nSPS) is 22.8. The molecule has 2 aliphatic rings. The summed E-state index contributed by atoms with van der Waals surface area (Å²) in [6.07, 6.45) is 11.9. The Balaban J connectivity index is 1.68. The molecule has 0 spiro atoms. The molecule has 21 heavy (non-hydrogen) atoms. The zero-order valence-electron chi connectivity index (χ0n) is 12.6. The van der Waals surface area contributed by atoms with Crippen LogP contribution < -0.4 is 5.32 Å². The van der Waals surface area contributed by atoms with Crippen molar-refractivity contribution in [3.8, 4) is 11.5 Å². The Bertz CT molecular complexity index is 620. The van der Waals surface area contributed by atoms with Crippen LogP contribution in [0.15, 0.2) is 18.5 Å². The average molecular weight is 285 g/mol. The molecule has 0 bridgehead atoms. The lowest BCUT2D eigenvalue weighted by molar-refractivity contribution is 0.222. The number of fused-ring (bicyclic) bond motifs is 1. The summed E-state index contributed by atoms with van der Waals surface area (Å²) in [4.78, 5) is 4.43. The van der Waals surface area contributed by atoms with Gasteiger partial charge < -0.3 is 9.88 Å². The fourth-order valence-electron chi connectivity index (χ4n) is 3.93. The van der Waals surface area contributed by atoms with Crippen molar-refractivity contribution in [3.63, 3.8) is 0 Å². The molecule has 2 aromatic rings. The van der Waals surface area contributed by atoms with Crippen molar-refractivity contribution in [2.24, 2.45) is 13.0 Å². The third kappa shape index (κ3) is 2.24. The molecule has 0 radical (unpaired) electrons. The van der Waals surface area contributed by atoms with Crippen LogP contribution in [-0.4, -0.2) is 25.9 Å². The maximum absolute atomic E-state index is 4.88. The summed E-state index contributed by atoms with van der Waals surface area (Å²) in [5, 5.41) is 8.38. The number of nitrogens with one attached hydrogen (secondary N) is 1. The van der Waals surface area contributed by atoms with Crippen molar-refractivity contribution in [3.05, 3.63) is 18.5 Å². The highest BCUT2D eigenvalue weighted by Crippen LogP contribution is 2.39. The first-order chi connectivity index (χ1) is 10.3. The van der Waals surface area contributed by atoms with Crippen LogP contribution in [0.25, 0.3) is 11.5 Å². The molecule has 0 aromatic carbocycles. The fraction of sp³-hybridized carbons (Fsp3) is 0.625. The quantitative estimate of drug-likeness (QED) is 0.921. The highest BCUT2D eigenvalue weighted by atomic mass is 15.4. The van der Waals surface area contributed by atoms with Crippen LogP contribution in [0.1, 0.15) is 44.6 Å². The number of hydrogen-bond donors (Lipinski definition) is 1. The number of anilines is 1. The summed E-state index contributed by atoms with van der Waals surface area (Å²) < 4.78 is 4.27. The molecule has 0 saturated heterocycles. The number of imidazole rings is 1. The molecule has 1 unspecified atom stereocenters. The van der Waals surface area contributed by atoms with Gasteiger partial charge in [0.25, 0.3) is 0 Å². The second kappa shape index (κ2) is 5.20. The summed E-state index contributed by atoms with van der Waals surface area (Å²) in [5.41, 5.74) is 0.979. The van der Waals surface area contributed by atoms with E-state index in [1.807, 2.05) is 24.0 Å². The third-order valence-corrected chi connectivity index (χ3v) is 5.04. The van der Waals surface area contributed by atoms with Crippen LogP contribution in [0.2, 0.25) is 0 Å². The van der Waals surface area contributed by atoms with E-state index in [-0.39, 0.29) is 0 Å². The number of aromatic nitrogens is 4. The Hall–Kier alpha value is -1.78. The fourth-order valence-corrected chi connectivity index (χ4v) is 3.93. The molecule has 1 atom stereocenters. The lowest BCUT2D eigenvalue weighted by atomic mass is 9.82. The summed E-state index contributed by atoms with van der Waals surface area (Å²) in [7, 11) is 2.02. The van der Waals surface area contributed by atoms with E-state index in [0.29, 0.717) is 6.04 Å². The number of hydrogen-bond acceptors (Lipinski definition) is 3. The summed E-state index contributed by atoms with van der Waals surface area (Å²) in [6.45, 7) is 1.06. The van der Waals surface area contributed by atoms with Crippen LogP contribution >= 0.6 is 0 Å². The van der Waals surface area contributed by atoms with Crippen LogP contribution in [0.5, 0.6) is 0 Å². The molecule has 1 saturated carbocycles. The summed E-state index contributed by atoms with van der Waals surface area (Å²) in [6, 6.07) is 2.72. The van der Waals surface area contributed by atoms with E-state index in [0.717, 1.165) is 29.8 Å². The van der Waals surface area contributed by atoms with E-state index >= 15 is 0 Å². The van der Waals surface area contributed by atoms with E-state index in [2.05, 4.69) is 21.0 Å². The monoisotopic (exact) mass is 285 g/mol. The van der Waals surface area contributed by atoms with Crippen molar-refractivity contribution in [1.82, 2.24) is 19.3 Å². The van der Waals surface area contributed by atoms with Gasteiger partial charge in [0.1, 0.15) is 11.5 Å². The summed E-state index contributed by atoms with van der Waals surface area (Å²) >= 11 is 0. The first-order valence-corrected chi connectivity index (χ1v) is 8.14. The maximum Gasteiger partial charge on any atom is 0.160 e. The van der Waals surface area contributed by atoms with E-state index < -0.39 is 0 Å². The van der Waals surface area contributed by atoms with Gasteiger partial charge in [-0.05, 0) is 25.2 Å². The minimum Gasteiger partial charge on any atom is -0.370 e. The van der Waals surface area contributed by atoms with Gasteiger partial charge in [0.05, 0.1) is 6.04 Å². The van der Waals surface area contributed by atoms with Crippen molar-refractivity contribution in [1.29, 1.82) is 0 Å². The predicted octanol–water partition coefficient (Wildman–Crippen LogP) is 3.22. The largest absolute Gasteiger partial charge is 0.370 e. The third-order valence-electron chi connectivity index (χ3n) is 5.04. The van der Waals surface area contributed by atoms with Crippen molar-refractivity contribution >= 4 is 5.82 Å². The topological polar surface area (TPSA) is 47.7 Å². The molecule has 1 aliphatic carbocycles. The SMILES string of the molecule is Cn1ccnc1-c1cc2n(n1)C(C1CCCCC1)CCN2. The van der Waals surface area contributed by atoms with Gasteiger partial charge in [-0.15, -0.1) is 0 Å². The van der Waals surface area contributed by atoms with Gasteiger partial charge in [0.2, 0.25) is 0 Å². The smallest absolute Gasteiger partial charge is 0.160 e. The van der Waals surface area contributed by atoms with Gasteiger partial charge in [-0.3, -0.25) is 0 Å². The molecular formula is C16H23N5. The van der Waals surface area contributed by atoms with E-state index in [1.54, 1.807) is 0 Å². The Morgan fingerprint density at radius 3 is 2.81 bits per heavy atom. The Morgan fingerprint density at radius 2 is 2.05 bits per heavy atom. The molecule has 1 N–H and O–H groups in total. The second-order valence-electron chi connectivity index (χ2n) is 6.40. The molecule has 2 aromatic heterocycles. The lowest BCUT2D eigenvalue weighted by Gasteiger charge is -2.34. The zero-order chi connectivity index (χ0) is 14.2. The van der Waals surface area contributed by atoms with Crippen molar-refractivity contribution in [2.75, 3.05) is 11.9 Å². The van der Waals surface area contributed by atoms with E-state index in [1.165, 1.54) is 38.5 Å². The minimum atomic E-state index is 0.565. The molecule has 0 amide bonds. The summed E-state index contributed by atoms with van der Waals surface area (Å²) in [5.74, 6) is 2.91. The molecule has 5 nitrogen and oxygen atoms in total. The van der Waals surface area contributed by atoms with Crippen molar-refractivity contribution in [2.45, 2.75) is 44.6 Å². The van der Waals surface area contributed by atoms with Gasteiger partial charge in [-0.1, -0.05) is 19.3 Å². The Morgan fingerprint density at radius 1 is 1.19 bits per heavy atom. The molecule has 4 rings (SSSR count). The van der Waals surface area contributed by atoms with Crippen LogP contribution in [-0.2, 0) is 7.05 Å². The lowest BCUT2D eigenvalue weighted by Crippen LogP contribution is -2.30. The van der Waals surface area contributed by atoms with Gasteiger partial charge in [-0.2, -0.15) is 5.10 Å². The Kier molecular flexibility index (Phi) is 3.20. The highest BCUT2D eigenvalue weighted by Gasteiger charge is 2.30. The second-order valence-corrected chi connectivity index (χ2v) is 6.40. The molecule has 3 heterocycles. The standard InChI is InChI=1S/C16H23N5/c1-20-10-9-18-16(20)13-11-15-17-8-7-14(21(15)19-13)12-5-3-2-4-6-12/h9-12,14,17H,2-8H2,1H3. The van der Waals surface area contributed by atoms with E-state index in [9.17, 15) is 0 Å². The van der Waals surface area contributed by atoms with Crippen LogP contribution in [0, 0.1) is 5.92 Å². The van der Waals surface area contributed by atoms with Gasteiger partial charge in [-0.25, -0.2) is 9.67 Å². The predicted molar refractivity (Wildman–Crippen MR) is 83.1 cm³/mol. The first kappa shape index (κ1) is 12.9. The first-order valence-electron chi connectivity index (χ1n) is 8.14. The minimum absolute atomic E-state index is 0.565. The van der Waals surface area contributed by atoms with Crippen LogP contribution in [0.3, 0.4) is 0 Å². The number of aryl methyl sites for hydroxylation is 1. The Labute approximate surface area is 125 Å². The molecule has 5 heteroatoms. The molecule has 1 fully saturated rings. The van der Waals surface area contributed by atoms with Gasteiger partial charge in [0.15, 0.2) is 5.82 Å². The van der Waals surface area contributed by atoms with Gasteiger partial charge >= 0.3 is 0 Å². The van der Waals surface area contributed by atoms with Crippen molar-refractivity contribution < 1.29 is 0 Å². The number of nitrogens with zero attached hydrogens (tertiary/aromatic N) is 4. The number of rotatable bonds is 2. The van der Waals surface area contributed by atoms with E-state index in [4.69, 9.17) is 5.10 Å². The average Bonchev–Trinajstić information content (AvgIpc) is 3.13. The zero-order valence-corrected chi connectivity index (χ0v) is 12.6. The van der Waals surface area contributed by atoms with Gasteiger partial charge in [0, 0.05) is 32.1 Å². The molecular weight excluding hydrogens is 262 g/mol. The highest BCUT2D eigenvalue weighted by molar-refractivity contribution is 5.57. The molecule has 112 valence electrons. The molecule has 1 aliphatic heterocycles. The van der Waals surface area contributed by atoms with Crippen LogP contribution in [0.4, 0.5) is 5.82 Å².